The molecule has 1 saturated heterocycles. The summed E-state index contributed by atoms with van der Waals surface area (Å²) in [7, 11) is 0. The molecule has 0 spiro atoms. The molecule has 0 saturated carbocycles. The minimum atomic E-state index is -0.819. The summed E-state index contributed by atoms with van der Waals surface area (Å²) in [6.45, 7) is 3.61. The standard InChI is InChI=1S/C19H21BrF2N2O2.2ClH/c20-14-10-17(21)19(18(22)11-14)26-13-16(25)12-23-6-8-24(9-7-23)15-4-2-1-3-5-15;;/h1-5,10-11,16,25H,6-9,12-13H2;2*1H/p-2. The highest BCUT2D eigenvalue weighted by molar-refractivity contribution is 9.10. The van der Waals surface area contributed by atoms with Crippen molar-refractivity contribution in [2.75, 3.05) is 44.2 Å². The van der Waals surface area contributed by atoms with Gasteiger partial charge in [-0.1, -0.05) is 34.1 Å². The molecule has 2 aromatic carbocycles. The first-order chi connectivity index (χ1) is 12.5. The molecule has 1 aliphatic heterocycles. The van der Waals surface area contributed by atoms with Crippen LogP contribution >= 0.6 is 15.9 Å². The van der Waals surface area contributed by atoms with Gasteiger partial charge in [0.15, 0.2) is 17.4 Å². The Kier molecular flexibility index (Phi) is 10.5. The van der Waals surface area contributed by atoms with Crippen LogP contribution in [0.4, 0.5) is 14.5 Å². The Bertz CT molecular complexity index is 712. The van der Waals surface area contributed by atoms with Gasteiger partial charge in [-0.25, -0.2) is 8.78 Å². The number of piperazine rings is 1. The number of hydrogen-bond acceptors (Lipinski definition) is 4. The molecule has 28 heavy (non-hydrogen) atoms. The minimum absolute atomic E-state index is 0. The summed E-state index contributed by atoms with van der Waals surface area (Å²) in [5, 5.41) is 10.1. The molecule has 2 aromatic rings. The van der Waals surface area contributed by atoms with Gasteiger partial charge in [0, 0.05) is 42.9 Å². The second-order valence-electron chi connectivity index (χ2n) is 6.29. The molecule has 1 N–H and O–H groups in total. The Labute approximate surface area is 184 Å². The van der Waals surface area contributed by atoms with Crippen molar-refractivity contribution in [3.05, 3.63) is 58.6 Å². The first-order valence-electron chi connectivity index (χ1n) is 8.50. The zero-order valence-electron chi connectivity index (χ0n) is 15.0. The highest BCUT2D eigenvalue weighted by atomic mass is 79.9. The van der Waals surface area contributed by atoms with Gasteiger partial charge in [-0.05, 0) is 24.3 Å². The van der Waals surface area contributed by atoms with Gasteiger partial charge >= 0.3 is 0 Å². The van der Waals surface area contributed by atoms with E-state index in [1.165, 1.54) is 5.69 Å². The molecule has 0 bridgehead atoms. The summed E-state index contributed by atoms with van der Waals surface area (Å²) >= 11 is 3.02. The molecule has 0 aliphatic carbocycles. The van der Waals surface area contributed by atoms with Gasteiger partial charge in [0.1, 0.15) is 12.7 Å². The Balaban J connectivity index is 0.00000196. The van der Waals surface area contributed by atoms with Crippen molar-refractivity contribution in [2.45, 2.75) is 6.10 Å². The fourth-order valence-corrected chi connectivity index (χ4v) is 3.43. The van der Waals surface area contributed by atoms with E-state index in [1.807, 2.05) is 18.2 Å². The van der Waals surface area contributed by atoms with E-state index in [-0.39, 0.29) is 31.4 Å². The first kappa shape index (κ1) is 24.9. The largest absolute Gasteiger partial charge is 1.00 e. The van der Waals surface area contributed by atoms with E-state index in [0.717, 1.165) is 38.3 Å². The predicted octanol–water partition coefficient (Wildman–Crippen LogP) is -2.70. The summed E-state index contributed by atoms with van der Waals surface area (Å²) in [6.07, 6.45) is -0.819. The topological polar surface area (TPSA) is 35.9 Å². The SMILES string of the molecule is OC(COc1c(F)cc(Br)cc1F)CN1CCN(c2ccccc2)CC1.[Cl-].[Cl-]. The number of nitrogens with zero attached hydrogens (tertiary/aromatic N) is 2. The number of ether oxygens (including phenoxy) is 1. The van der Waals surface area contributed by atoms with Crippen LogP contribution in [0.25, 0.3) is 0 Å². The molecule has 0 aromatic heterocycles. The summed E-state index contributed by atoms with van der Waals surface area (Å²) in [5.74, 6) is -2.04. The number of hydrogen-bond donors (Lipinski definition) is 1. The molecule has 1 heterocycles. The maximum absolute atomic E-state index is 13.7. The van der Waals surface area contributed by atoms with Crippen LogP contribution in [0.5, 0.6) is 5.75 Å². The third-order valence-electron chi connectivity index (χ3n) is 4.35. The van der Waals surface area contributed by atoms with Crippen LogP contribution in [0, 0.1) is 11.6 Å². The Morgan fingerprint density at radius 3 is 2.14 bits per heavy atom. The van der Waals surface area contributed by atoms with Gasteiger partial charge in [-0.15, -0.1) is 0 Å². The molecular weight excluding hydrogens is 477 g/mol. The zero-order valence-corrected chi connectivity index (χ0v) is 18.1. The van der Waals surface area contributed by atoms with Gasteiger partial charge < -0.3 is 39.6 Å². The lowest BCUT2D eigenvalue weighted by Crippen LogP contribution is -3.00. The van der Waals surface area contributed by atoms with E-state index >= 15 is 0 Å². The Hall–Kier alpha value is -1.12. The number of rotatable bonds is 6. The average molecular weight is 498 g/mol. The van der Waals surface area contributed by atoms with E-state index in [2.05, 4.69) is 37.9 Å². The minimum Gasteiger partial charge on any atom is -1.00 e. The van der Waals surface area contributed by atoms with Crippen LogP contribution in [-0.4, -0.2) is 55.4 Å². The number of benzene rings is 2. The number of aliphatic hydroxyl groups excluding tert-OH is 1. The van der Waals surface area contributed by atoms with Gasteiger partial charge in [0.25, 0.3) is 0 Å². The van der Waals surface area contributed by atoms with Crippen LogP contribution in [-0.2, 0) is 0 Å². The van der Waals surface area contributed by atoms with E-state index in [1.54, 1.807) is 0 Å². The van der Waals surface area contributed by atoms with Gasteiger partial charge in [0.2, 0.25) is 0 Å². The lowest BCUT2D eigenvalue weighted by atomic mass is 10.2. The van der Waals surface area contributed by atoms with Crippen molar-refractivity contribution in [3.8, 4) is 5.75 Å². The van der Waals surface area contributed by atoms with Gasteiger partial charge in [-0.3, -0.25) is 4.90 Å². The quantitative estimate of drug-likeness (QED) is 0.471. The summed E-state index contributed by atoms with van der Waals surface area (Å²) in [6, 6.07) is 12.5. The molecule has 1 atom stereocenters. The van der Waals surface area contributed by atoms with Crippen LogP contribution in [0.1, 0.15) is 0 Å². The summed E-state index contributed by atoms with van der Waals surface area (Å²) in [5.41, 5.74) is 1.19. The average Bonchev–Trinajstić information content (AvgIpc) is 2.62. The van der Waals surface area contributed by atoms with Crippen LogP contribution in [0.3, 0.4) is 0 Å². The molecule has 3 rings (SSSR count). The highest BCUT2D eigenvalue weighted by Gasteiger charge is 2.20. The van der Waals surface area contributed by atoms with E-state index in [9.17, 15) is 13.9 Å². The maximum Gasteiger partial charge on any atom is 0.190 e. The maximum atomic E-state index is 13.7. The molecule has 1 unspecified atom stereocenters. The number of β-amino-alcohol motifs (C(OH)–C–C–N with tert-alkyl or cyclic N) is 1. The molecule has 0 radical (unpaired) electrons. The number of anilines is 1. The normalized spacial score (nSPS) is 15.4. The predicted molar refractivity (Wildman–Crippen MR) is 101 cm³/mol. The smallest absolute Gasteiger partial charge is 0.190 e. The second-order valence-corrected chi connectivity index (χ2v) is 7.20. The van der Waals surface area contributed by atoms with Crippen molar-refractivity contribution >= 4 is 21.6 Å². The molecule has 9 heteroatoms. The number of para-hydroxylation sites is 1. The van der Waals surface area contributed by atoms with Gasteiger partial charge in [0.05, 0.1) is 0 Å². The van der Waals surface area contributed by atoms with Crippen LogP contribution in [0.2, 0.25) is 0 Å². The van der Waals surface area contributed by atoms with Crippen molar-refractivity contribution in [1.82, 2.24) is 4.90 Å². The van der Waals surface area contributed by atoms with Crippen molar-refractivity contribution in [1.29, 1.82) is 0 Å². The lowest BCUT2D eigenvalue weighted by Gasteiger charge is -2.36. The van der Waals surface area contributed by atoms with Crippen LogP contribution in [0.15, 0.2) is 46.9 Å². The van der Waals surface area contributed by atoms with E-state index in [0.29, 0.717) is 11.0 Å². The monoisotopic (exact) mass is 496 g/mol. The Morgan fingerprint density at radius 2 is 1.57 bits per heavy atom. The first-order valence-corrected chi connectivity index (χ1v) is 9.30. The second kappa shape index (κ2) is 11.8. The molecule has 4 nitrogen and oxygen atoms in total. The fourth-order valence-electron chi connectivity index (χ4n) is 3.02. The fraction of sp³-hybridized carbons (Fsp3) is 0.368. The summed E-state index contributed by atoms with van der Waals surface area (Å²) in [4.78, 5) is 4.42. The third-order valence-corrected chi connectivity index (χ3v) is 4.80. The van der Waals surface area contributed by atoms with Crippen molar-refractivity contribution in [2.24, 2.45) is 0 Å². The third kappa shape index (κ3) is 6.74. The van der Waals surface area contributed by atoms with Crippen molar-refractivity contribution in [3.63, 3.8) is 0 Å². The molecular formula is C19H21BrCl2F2N2O2-2. The van der Waals surface area contributed by atoms with E-state index < -0.39 is 23.5 Å². The zero-order chi connectivity index (χ0) is 18.5. The van der Waals surface area contributed by atoms with E-state index in [4.69, 9.17) is 4.74 Å². The van der Waals surface area contributed by atoms with Crippen molar-refractivity contribution < 1.29 is 43.4 Å². The van der Waals surface area contributed by atoms with Gasteiger partial charge in [-0.2, -0.15) is 0 Å². The molecule has 1 aliphatic rings. The van der Waals surface area contributed by atoms with Crippen LogP contribution < -0.4 is 34.5 Å². The molecule has 1 fully saturated rings. The number of aliphatic hydroxyl groups is 1. The molecule has 0 amide bonds. The molecule has 156 valence electrons. The Morgan fingerprint density at radius 1 is 1.00 bits per heavy atom. The lowest BCUT2D eigenvalue weighted by molar-refractivity contribution is -0.00100. The number of halogens is 5. The summed E-state index contributed by atoms with van der Waals surface area (Å²) < 4.78 is 32.9. The highest BCUT2D eigenvalue weighted by Crippen LogP contribution is 2.26.